The fourth-order valence-electron chi connectivity index (χ4n) is 5.60. The van der Waals surface area contributed by atoms with Crippen LogP contribution in [0.15, 0.2) is 138 Å². The molecule has 0 aliphatic rings. The maximum Gasteiger partial charge on any atom is 0.164 e. The van der Waals surface area contributed by atoms with Gasteiger partial charge in [0.1, 0.15) is 11.2 Å². The van der Waals surface area contributed by atoms with Crippen LogP contribution in [0.25, 0.3) is 78.0 Å². The van der Waals surface area contributed by atoms with Crippen molar-refractivity contribution in [2.24, 2.45) is 0 Å². The number of halogens is 1. The van der Waals surface area contributed by atoms with Crippen molar-refractivity contribution in [1.82, 2.24) is 15.0 Å². The molecule has 2 heterocycles. The van der Waals surface area contributed by atoms with Crippen molar-refractivity contribution in [2.45, 2.75) is 0 Å². The molecule has 8 aromatic rings. The van der Waals surface area contributed by atoms with Crippen LogP contribution in [0, 0.1) is 0 Å². The number of nitrogens with zero attached hydrogens (tertiary/aromatic N) is 3. The van der Waals surface area contributed by atoms with E-state index in [0.29, 0.717) is 22.5 Å². The lowest BCUT2D eigenvalue weighted by atomic mass is 9.97. The van der Waals surface area contributed by atoms with Crippen molar-refractivity contribution in [3.63, 3.8) is 0 Å². The van der Waals surface area contributed by atoms with Gasteiger partial charge in [-0.2, -0.15) is 0 Å². The van der Waals surface area contributed by atoms with Crippen molar-refractivity contribution in [3.05, 3.63) is 138 Å². The molecule has 8 rings (SSSR count). The Bertz CT molecular complexity index is 2250. The Morgan fingerprint density at radius 3 is 1.93 bits per heavy atom. The van der Waals surface area contributed by atoms with Crippen LogP contribution < -0.4 is 0 Å². The topological polar surface area (TPSA) is 51.8 Å². The van der Waals surface area contributed by atoms with Crippen molar-refractivity contribution in [1.29, 1.82) is 0 Å². The minimum absolute atomic E-state index is 0.574. The van der Waals surface area contributed by atoms with Crippen molar-refractivity contribution >= 4 is 44.3 Å². The summed E-state index contributed by atoms with van der Waals surface area (Å²) in [6.07, 6.45) is 0. The molecule has 0 aliphatic carbocycles. The first-order chi connectivity index (χ1) is 20.7. The average molecular weight is 560 g/mol. The summed E-state index contributed by atoms with van der Waals surface area (Å²) in [7, 11) is 0. The quantitative estimate of drug-likeness (QED) is 0.215. The summed E-state index contributed by atoms with van der Waals surface area (Å²) in [4.78, 5) is 14.9. The predicted molar refractivity (Wildman–Crippen MR) is 171 cm³/mol. The first kappa shape index (κ1) is 24.5. The Morgan fingerprint density at radius 1 is 0.452 bits per heavy atom. The van der Waals surface area contributed by atoms with Gasteiger partial charge in [-0.3, -0.25) is 0 Å². The van der Waals surface area contributed by atoms with E-state index in [-0.39, 0.29) is 0 Å². The number of rotatable bonds is 4. The zero-order chi connectivity index (χ0) is 28.0. The highest BCUT2D eigenvalue weighted by atomic mass is 35.5. The van der Waals surface area contributed by atoms with Crippen LogP contribution in [0.3, 0.4) is 0 Å². The summed E-state index contributed by atoms with van der Waals surface area (Å²) in [5.74, 6) is 1.79. The van der Waals surface area contributed by atoms with Gasteiger partial charge in [-0.25, -0.2) is 15.0 Å². The largest absolute Gasteiger partial charge is 0.456 e. The van der Waals surface area contributed by atoms with Crippen LogP contribution in [-0.2, 0) is 0 Å². The van der Waals surface area contributed by atoms with E-state index >= 15 is 0 Å². The molecular formula is C37H22ClN3O. The summed E-state index contributed by atoms with van der Waals surface area (Å²) in [6.45, 7) is 0. The number of furan rings is 1. The standard InChI is InChI=1S/C37H22ClN3O/c38-27-20-21-32-31(22-27)34-30(14-7-15-33(34)42-32)37-40-35(25-9-2-1-3-10-25)39-36(41-37)26-18-16-24(17-19-26)29-13-6-11-23-8-4-5-12-28(23)29/h1-22H. The SMILES string of the molecule is Clc1ccc2oc3cccc(-c4nc(-c5ccccc5)nc(-c5ccc(-c6cccc7ccccc67)cc5)n4)c3c2c1. The zero-order valence-electron chi connectivity index (χ0n) is 22.3. The van der Waals surface area contributed by atoms with Gasteiger partial charge in [-0.05, 0) is 46.2 Å². The van der Waals surface area contributed by atoms with E-state index in [4.69, 9.17) is 31.0 Å². The molecule has 0 radical (unpaired) electrons. The molecule has 198 valence electrons. The van der Waals surface area contributed by atoms with E-state index < -0.39 is 0 Å². The Kier molecular flexibility index (Phi) is 5.80. The maximum absolute atomic E-state index is 6.39. The molecule has 0 fully saturated rings. The molecule has 42 heavy (non-hydrogen) atoms. The molecule has 0 bridgehead atoms. The van der Waals surface area contributed by atoms with Crippen molar-refractivity contribution in [2.75, 3.05) is 0 Å². The predicted octanol–water partition coefficient (Wildman–Crippen LogP) is 10.2. The Hall–Kier alpha value is -5.32. The number of hydrogen-bond acceptors (Lipinski definition) is 4. The second-order valence-corrected chi connectivity index (χ2v) is 10.6. The van der Waals surface area contributed by atoms with Gasteiger partial charge >= 0.3 is 0 Å². The lowest BCUT2D eigenvalue weighted by Crippen LogP contribution is -2.00. The first-order valence-corrected chi connectivity index (χ1v) is 14.1. The molecule has 0 N–H and O–H groups in total. The van der Waals surface area contributed by atoms with E-state index in [1.54, 1.807) is 0 Å². The summed E-state index contributed by atoms with van der Waals surface area (Å²) < 4.78 is 6.16. The molecule has 2 aromatic heterocycles. The first-order valence-electron chi connectivity index (χ1n) is 13.7. The number of benzene rings is 6. The maximum atomic E-state index is 6.39. The van der Waals surface area contributed by atoms with Crippen LogP contribution in [0.5, 0.6) is 0 Å². The fraction of sp³-hybridized carbons (Fsp3) is 0. The minimum Gasteiger partial charge on any atom is -0.456 e. The van der Waals surface area contributed by atoms with Crippen LogP contribution in [-0.4, -0.2) is 15.0 Å². The van der Waals surface area contributed by atoms with Crippen LogP contribution in [0.4, 0.5) is 0 Å². The van der Waals surface area contributed by atoms with Crippen molar-refractivity contribution in [3.8, 4) is 45.3 Å². The zero-order valence-corrected chi connectivity index (χ0v) is 23.1. The van der Waals surface area contributed by atoms with Gasteiger partial charge in [0.25, 0.3) is 0 Å². The summed E-state index contributed by atoms with van der Waals surface area (Å²) in [6, 6.07) is 44.9. The van der Waals surface area contributed by atoms with Gasteiger partial charge in [0.05, 0.1) is 0 Å². The third-order valence-corrected chi connectivity index (χ3v) is 7.84. The lowest BCUT2D eigenvalue weighted by Gasteiger charge is -2.10. The normalized spacial score (nSPS) is 11.5. The summed E-state index contributed by atoms with van der Waals surface area (Å²) >= 11 is 6.39. The van der Waals surface area contributed by atoms with Crippen LogP contribution in [0.2, 0.25) is 5.02 Å². The molecular weight excluding hydrogens is 538 g/mol. The molecule has 0 saturated carbocycles. The molecule has 0 amide bonds. The smallest absolute Gasteiger partial charge is 0.164 e. The van der Waals surface area contributed by atoms with Crippen LogP contribution >= 0.6 is 11.6 Å². The van der Waals surface area contributed by atoms with E-state index in [1.165, 1.54) is 16.3 Å². The third kappa shape index (κ3) is 4.21. The molecule has 0 aliphatic heterocycles. The van der Waals surface area contributed by atoms with Crippen molar-refractivity contribution < 1.29 is 4.42 Å². The Labute approximate surface area is 246 Å². The lowest BCUT2D eigenvalue weighted by molar-refractivity contribution is 0.669. The minimum atomic E-state index is 0.574. The van der Waals surface area contributed by atoms with Crippen LogP contribution in [0.1, 0.15) is 0 Å². The molecule has 0 spiro atoms. The fourth-order valence-corrected chi connectivity index (χ4v) is 5.78. The van der Waals surface area contributed by atoms with Gasteiger partial charge in [0.15, 0.2) is 17.5 Å². The Balaban J connectivity index is 1.30. The molecule has 6 aromatic carbocycles. The monoisotopic (exact) mass is 559 g/mol. The van der Waals surface area contributed by atoms with Gasteiger partial charge in [0, 0.05) is 32.5 Å². The van der Waals surface area contributed by atoms with E-state index in [2.05, 4.69) is 66.7 Å². The molecule has 5 heteroatoms. The highest BCUT2D eigenvalue weighted by molar-refractivity contribution is 6.32. The number of aromatic nitrogens is 3. The highest BCUT2D eigenvalue weighted by Gasteiger charge is 2.18. The summed E-state index contributed by atoms with van der Waals surface area (Å²) in [5.41, 5.74) is 6.55. The van der Waals surface area contributed by atoms with Gasteiger partial charge in [-0.15, -0.1) is 0 Å². The number of hydrogen-bond donors (Lipinski definition) is 0. The molecule has 4 nitrogen and oxygen atoms in total. The van der Waals surface area contributed by atoms with E-state index in [1.807, 2.05) is 66.7 Å². The molecule has 0 saturated heterocycles. The van der Waals surface area contributed by atoms with E-state index in [0.717, 1.165) is 44.2 Å². The third-order valence-electron chi connectivity index (χ3n) is 7.61. The average Bonchev–Trinajstić information content (AvgIpc) is 3.43. The highest BCUT2D eigenvalue weighted by Crippen LogP contribution is 2.38. The van der Waals surface area contributed by atoms with Gasteiger partial charge in [-0.1, -0.05) is 121 Å². The Morgan fingerprint density at radius 2 is 1.10 bits per heavy atom. The second-order valence-electron chi connectivity index (χ2n) is 10.2. The molecule has 0 atom stereocenters. The van der Waals surface area contributed by atoms with Gasteiger partial charge in [0.2, 0.25) is 0 Å². The number of fused-ring (bicyclic) bond motifs is 4. The molecule has 0 unspecified atom stereocenters. The second kappa shape index (κ2) is 9.95. The summed E-state index contributed by atoms with van der Waals surface area (Å²) in [5, 5.41) is 4.94. The van der Waals surface area contributed by atoms with Gasteiger partial charge < -0.3 is 4.42 Å². The van der Waals surface area contributed by atoms with E-state index in [9.17, 15) is 0 Å².